The SMILES string of the molecule is O=C1CC2(CCN(C(=O)[C@@](O)(c3cccc(Cl)c3)C(F)(F)F)CC2)[C@H](c2ccc(F)cc2)CN1. The molecule has 2 aromatic carbocycles. The molecule has 2 aliphatic rings. The smallest absolute Gasteiger partial charge is 0.368 e. The lowest BCUT2D eigenvalue weighted by Gasteiger charge is -2.50. The fraction of sp³-hybridized carbons (Fsp3) is 0.417. The van der Waals surface area contributed by atoms with Crippen LogP contribution in [-0.4, -0.2) is 47.6 Å². The minimum atomic E-state index is -5.27. The van der Waals surface area contributed by atoms with Crippen LogP contribution in [0.2, 0.25) is 5.02 Å². The summed E-state index contributed by atoms with van der Waals surface area (Å²) in [6, 6.07) is 10.4. The fourth-order valence-corrected chi connectivity index (χ4v) is 5.33. The third-order valence-corrected chi connectivity index (χ3v) is 7.27. The van der Waals surface area contributed by atoms with Gasteiger partial charge in [-0.05, 0) is 48.1 Å². The zero-order valence-electron chi connectivity index (χ0n) is 18.0. The fourth-order valence-electron chi connectivity index (χ4n) is 5.14. The van der Waals surface area contributed by atoms with Crippen molar-refractivity contribution in [2.75, 3.05) is 19.6 Å². The molecule has 0 aromatic heterocycles. The Balaban J connectivity index is 1.60. The first-order valence-electron chi connectivity index (χ1n) is 10.8. The van der Waals surface area contributed by atoms with Gasteiger partial charge in [0.1, 0.15) is 5.82 Å². The molecule has 5 nitrogen and oxygen atoms in total. The number of alkyl halides is 3. The second kappa shape index (κ2) is 8.85. The van der Waals surface area contributed by atoms with E-state index in [1.807, 2.05) is 0 Å². The molecule has 1 spiro atoms. The van der Waals surface area contributed by atoms with Gasteiger partial charge < -0.3 is 15.3 Å². The van der Waals surface area contributed by atoms with Crippen molar-refractivity contribution in [2.24, 2.45) is 5.41 Å². The van der Waals surface area contributed by atoms with Crippen LogP contribution in [0.4, 0.5) is 17.6 Å². The van der Waals surface area contributed by atoms with E-state index in [1.165, 1.54) is 24.3 Å². The molecule has 2 heterocycles. The van der Waals surface area contributed by atoms with Gasteiger partial charge in [-0.3, -0.25) is 9.59 Å². The van der Waals surface area contributed by atoms with Crippen LogP contribution < -0.4 is 5.32 Å². The second-order valence-electron chi connectivity index (χ2n) is 8.96. The normalized spacial score (nSPS) is 22.2. The summed E-state index contributed by atoms with van der Waals surface area (Å²) < 4.78 is 55.5. The number of carbonyl (C=O) groups is 2. The Labute approximate surface area is 198 Å². The highest BCUT2D eigenvalue weighted by Gasteiger charge is 2.62. The molecule has 2 fully saturated rings. The number of hydrogen-bond acceptors (Lipinski definition) is 3. The number of likely N-dealkylation sites (tertiary alicyclic amines) is 1. The van der Waals surface area contributed by atoms with Crippen LogP contribution in [0.3, 0.4) is 0 Å². The molecule has 2 saturated heterocycles. The molecule has 2 aromatic rings. The van der Waals surface area contributed by atoms with Crippen LogP contribution in [0, 0.1) is 11.2 Å². The molecule has 34 heavy (non-hydrogen) atoms. The van der Waals surface area contributed by atoms with Crippen molar-refractivity contribution in [3.8, 4) is 0 Å². The first kappa shape index (κ1) is 24.5. The third kappa shape index (κ3) is 4.27. The molecule has 0 radical (unpaired) electrons. The number of carbonyl (C=O) groups excluding carboxylic acids is 2. The van der Waals surface area contributed by atoms with E-state index in [0.717, 1.165) is 22.6 Å². The Bertz CT molecular complexity index is 1080. The van der Waals surface area contributed by atoms with Crippen molar-refractivity contribution in [1.29, 1.82) is 0 Å². The Hall–Kier alpha value is -2.65. The number of piperidine rings is 2. The number of benzene rings is 2. The van der Waals surface area contributed by atoms with E-state index >= 15 is 0 Å². The summed E-state index contributed by atoms with van der Waals surface area (Å²) in [6.45, 7) is 0.180. The van der Waals surface area contributed by atoms with Crippen molar-refractivity contribution >= 4 is 23.4 Å². The van der Waals surface area contributed by atoms with Crippen molar-refractivity contribution in [2.45, 2.75) is 37.0 Å². The molecule has 4 rings (SSSR count). The standard InChI is InChI=1S/C24H23ClF4N2O3/c25-17-3-1-2-16(12-17)23(34,24(27,28)29)21(33)31-10-8-22(9-11-31)13-20(32)30-14-19(22)15-4-6-18(26)7-5-15/h1-7,12,19,34H,8-11,13-14H2,(H,30,32)/t19-,23-/m0/s1. The highest BCUT2D eigenvalue weighted by Crippen LogP contribution is 2.50. The summed E-state index contributed by atoms with van der Waals surface area (Å²) in [5.74, 6) is -2.23. The van der Waals surface area contributed by atoms with Gasteiger partial charge in [0.2, 0.25) is 5.91 Å². The van der Waals surface area contributed by atoms with Crippen LogP contribution in [0.1, 0.15) is 36.3 Å². The molecule has 0 unspecified atom stereocenters. The minimum absolute atomic E-state index is 0.0408. The summed E-state index contributed by atoms with van der Waals surface area (Å²) in [4.78, 5) is 26.3. The molecule has 2 atom stereocenters. The number of rotatable bonds is 3. The van der Waals surface area contributed by atoms with E-state index in [0.29, 0.717) is 6.54 Å². The predicted octanol–water partition coefficient (Wildman–Crippen LogP) is 4.14. The van der Waals surface area contributed by atoms with Crippen molar-refractivity contribution in [1.82, 2.24) is 10.2 Å². The lowest BCUT2D eigenvalue weighted by Crippen LogP contribution is -2.59. The zero-order valence-corrected chi connectivity index (χ0v) is 18.8. The summed E-state index contributed by atoms with van der Waals surface area (Å²) in [5.41, 5.74) is -4.18. The van der Waals surface area contributed by atoms with E-state index in [9.17, 15) is 32.3 Å². The van der Waals surface area contributed by atoms with Gasteiger partial charge in [-0.15, -0.1) is 0 Å². The van der Waals surface area contributed by atoms with E-state index in [-0.39, 0.29) is 49.2 Å². The molecule has 0 bridgehead atoms. The monoisotopic (exact) mass is 498 g/mol. The second-order valence-corrected chi connectivity index (χ2v) is 9.39. The van der Waals surface area contributed by atoms with Crippen LogP contribution in [0.15, 0.2) is 48.5 Å². The van der Waals surface area contributed by atoms with E-state index in [4.69, 9.17) is 11.6 Å². The Morgan fingerprint density at radius 2 is 1.76 bits per heavy atom. The Morgan fingerprint density at radius 3 is 2.35 bits per heavy atom. The van der Waals surface area contributed by atoms with Gasteiger partial charge in [-0.1, -0.05) is 35.9 Å². The third-order valence-electron chi connectivity index (χ3n) is 7.04. The van der Waals surface area contributed by atoms with Gasteiger partial charge in [0.05, 0.1) is 0 Å². The number of hydrogen-bond donors (Lipinski definition) is 2. The number of nitrogens with zero attached hydrogens (tertiary/aromatic N) is 1. The van der Waals surface area contributed by atoms with Gasteiger partial charge in [0.25, 0.3) is 11.5 Å². The summed E-state index contributed by atoms with van der Waals surface area (Å²) in [7, 11) is 0. The predicted molar refractivity (Wildman–Crippen MR) is 116 cm³/mol. The Morgan fingerprint density at radius 1 is 1.12 bits per heavy atom. The maximum Gasteiger partial charge on any atom is 0.430 e. The molecular formula is C24H23ClF4N2O3. The lowest BCUT2D eigenvalue weighted by atomic mass is 9.62. The van der Waals surface area contributed by atoms with E-state index < -0.39 is 34.5 Å². The maximum atomic E-state index is 14.0. The van der Waals surface area contributed by atoms with Crippen LogP contribution in [-0.2, 0) is 15.2 Å². The van der Waals surface area contributed by atoms with Gasteiger partial charge in [-0.2, -0.15) is 13.2 Å². The Kier molecular flexibility index (Phi) is 6.37. The van der Waals surface area contributed by atoms with Crippen LogP contribution in [0.25, 0.3) is 0 Å². The highest BCUT2D eigenvalue weighted by molar-refractivity contribution is 6.30. The van der Waals surface area contributed by atoms with Gasteiger partial charge in [-0.25, -0.2) is 4.39 Å². The van der Waals surface area contributed by atoms with Gasteiger partial charge >= 0.3 is 6.18 Å². The van der Waals surface area contributed by atoms with Crippen molar-refractivity contribution in [3.05, 3.63) is 70.5 Å². The molecule has 2 aliphatic heterocycles. The van der Waals surface area contributed by atoms with Crippen LogP contribution >= 0.6 is 11.6 Å². The van der Waals surface area contributed by atoms with Gasteiger partial charge in [0, 0.05) is 42.6 Å². The molecule has 182 valence electrons. The number of aliphatic hydroxyl groups is 1. The molecule has 10 heteroatoms. The molecule has 2 N–H and O–H groups in total. The zero-order chi connectivity index (χ0) is 24.7. The molecule has 2 amide bonds. The van der Waals surface area contributed by atoms with Crippen molar-refractivity contribution in [3.63, 3.8) is 0 Å². The van der Waals surface area contributed by atoms with Crippen molar-refractivity contribution < 1.29 is 32.3 Å². The minimum Gasteiger partial charge on any atom is -0.368 e. The largest absolute Gasteiger partial charge is 0.430 e. The number of nitrogens with one attached hydrogen (secondary N) is 1. The quantitative estimate of drug-likeness (QED) is 0.625. The summed E-state index contributed by atoms with van der Waals surface area (Å²) in [5, 5.41) is 13.5. The lowest BCUT2D eigenvalue weighted by molar-refractivity contribution is -0.262. The molecule has 0 saturated carbocycles. The maximum absolute atomic E-state index is 14.0. The number of halogens is 5. The summed E-state index contributed by atoms with van der Waals surface area (Å²) >= 11 is 5.82. The van der Waals surface area contributed by atoms with Crippen LogP contribution in [0.5, 0.6) is 0 Å². The molecule has 0 aliphatic carbocycles. The first-order valence-corrected chi connectivity index (χ1v) is 11.2. The topological polar surface area (TPSA) is 69.6 Å². The summed E-state index contributed by atoms with van der Waals surface area (Å²) in [6.07, 6.45) is -4.60. The average molecular weight is 499 g/mol. The highest BCUT2D eigenvalue weighted by atomic mass is 35.5. The molecular weight excluding hydrogens is 476 g/mol. The first-order chi connectivity index (χ1) is 16.0. The number of amides is 2. The average Bonchev–Trinajstić information content (AvgIpc) is 2.79. The van der Waals surface area contributed by atoms with E-state index in [1.54, 1.807) is 12.1 Å². The van der Waals surface area contributed by atoms with Gasteiger partial charge in [0.15, 0.2) is 0 Å². The van der Waals surface area contributed by atoms with E-state index in [2.05, 4.69) is 5.32 Å².